The van der Waals surface area contributed by atoms with Crippen molar-refractivity contribution in [1.82, 2.24) is 0 Å². The van der Waals surface area contributed by atoms with Crippen LogP contribution in [0.25, 0.3) is 0 Å². The second kappa shape index (κ2) is 45.0. The first kappa shape index (κ1) is 94.8. The minimum Gasteiger partial charge on any atom is -0.491 e. The molecule has 0 atom stereocenters. The topological polar surface area (TPSA) is 227 Å². The highest BCUT2D eigenvalue weighted by molar-refractivity contribution is 8.01. The summed E-state index contributed by atoms with van der Waals surface area (Å²) < 4.78 is 79.2. The number of benzene rings is 8. The third-order valence-corrected chi connectivity index (χ3v) is 25.2. The van der Waals surface area contributed by atoms with Gasteiger partial charge in [-0.2, -0.15) is 0 Å². The van der Waals surface area contributed by atoms with Crippen molar-refractivity contribution in [3.05, 3.63) is 265 Å². The standard InChI is InChI=1S/C104H116N4O16S4/c1-101(2,3)73-61-85-93(121-57-49-113-45-53-117-81-37-29-77(30-38-81)105-97(109)69-21-13-14-22-69)86(62-73)126-88-64-75(103(7,8)9)66-90(95(88)123-59-51-115-47-55-119-83-41-33-79(34-42-83)107-99(111)71-25-17-18-26-71)128-92-68-76(104(10,11)12)67-91(96(92)124-60-52-116-48-56-120-84-43-35-80(36-44-84)108-100(112)72-27-19-20-28-72)127-89-65-74(102(4,5)6)63-87(125-85)94(89)122-58-50-114-46-54-118-82-39-31-78(32-40-82)106-98(110)70-23-15-16-24-70/h13-44,61-72H,45-60H2,1-12H3,(H,105,109)(H,106,110)(H,107,111)(H,108,112). The Balaban J connectivity index is 0.826. The Bertz CT molecular complexity index is 4610. The quantitative estimate of drug-likeness (QED) is 0.0262. The average Bonchev–Trinajstić information content (AvgIpc) is 1.06. The van der Waals surface area contributed by atoms with Crippen LogP contribution in [0.2, 0.25) is 0 Å². The molecular weight excluding hydrogens is 1690 g/mol. The molecular formula is C104H116N4O16S4. The molecule has 672 valence electrons. The van der Waals surface area contributed by atoms with E-state index in [0.29, 0.717) is 68.7 Å². The van der Waals surface area contributed by atoms with E-state index >= 15 is 0 Å². The van der Waals surface area contributed by atoms with Crippen LogP contribution in [0.5, 0.6) is 46.0 Å². The number of anilines is 4. The SMILES string of the molecule is CC(C)(C)c1cc2c(OCCOCCOc3ccc(NC(=O)C4C=CC=C4)cc3)c(c1)Sc1cc(C(C)(C)C)cc(c1OCCOCCOc1ccc(NC(=O)C3C=CC=C3)cc1)Sc1cc(C(C)(C)C)cc(c1OCCOCCOc1ccc(NC(=O)C3C=CC=C3)cc1)Sc1cc(C(C)(C)C)cc(c1OCCOCCOc1ccc(NC(=O)C3C=CC=C3)cc1)S2. The van der Waals surface area contributed by atoms with Crippen molar-refractivity contribution in [3.8, 4) is 46.0 Å². The molecule has 128 heavy (non-hydrogen) atoms. The molecule has 20 nitrogen and oxygen atoms in total. The van der Waals surface area contributed by atoms with Gasteiger partial charge in [-0.05, 0) is 190 Å². The number of fused-ring (bicyclic) bond motifs is 8. The lowest BCUT2D eigenvalue weighted by Gasteiger charge is -2.28. The Morgan fingerprint density at radius 3 is 0.547 bits per heavy atom. The Kier molecular flexibility index (Phi) is 33.3. The molecule has 13 rings (SSSR count). The van der Waals surface area contributed by atoms with Crippen LogP contribution >= 0.6 is 47.0 Å². The molecule has 0 aromatic heterocycles. The van der Waals surface area contributed by atoms with Crippen molar-refractivity contribution in [2.45, 2.75) is 144 Å². The minimum atomic E-state index is -0.366. The van der Waals surface area contributed by atoms with E-state index in [1.54, 1.807) is 47.0 Å². The Morgan fingerprint density at radius 1 is 0.234 bits per heavy atom. The maximum Gasteiger partial charge on any atom is 0.235 e. The first-order valence-electron chi connectivity index (χ1n) is 43.4. The number of hydrogen-bond donors (Lipinski definition) is 4. The van der Waals surface area contributed by atoms with Crippen LogP contribution in [0.1, 0.15) is 105 Å². The van der Waals surface area contributed by atoms with Gasteiger partial charge < -0.3 is 78.1 Å². The van der Waals surface area contributed by atoms with Gasteiger partial charge in [-0.15, -0.1) is 0 Å². The fourth-order valence-corrected chi connectivity index (χ4v) is 18.4. The second-order valence-electron chi connectivity index (χ2n) is 35.1. The molecule has 0 saturated heterocycles. The van der Waals surface area contributed by atoms with E-state index in [9.17, 15) is 19.2 Å². The highest BCUT2D eigenvalue weighted by Gasteiger charge is 2.32. The maximum atomic E-state index is 12.8. The lowest BCUT2D eigenvalue weighted by Crippen LogP contribution is -2.18. The minimum absolute atomic E-state index is 0.102. The van der Waals surface area contributed by atoms with Crippen LogP contribution in [-0.2, 0) is 59.8 Å². The Labute approximate surface area is 769 Å². The van der Waals surface area contributed by atoms with Crippen LogP contribution < -0.4 is 59.2 Å². The molecule has 0 unspecified atom stereocenters. The molecule has 8 bridgehead atoms. The smallest absolute Gasteiger partial charge is 0.235 e. The number of hydrogen-bond acceptors (Lipinski definition) is 20. The van der Waals surface area contributed by atoms with Gasteiger partial charge in [0.2, 0.25) is 23.6 Å². The van der Waals surface area contributed by atoms with Crippen molar-refractivity contribution < 1.29 is 76.0 Å². The molecule has 1 heterocycles. The summed E-state index contributed by atoms with van der Waals surface area (Å²) in [6, 6.07) is 47.3. The van der Waals surface area contributed by atoms with E-state index in [2.05, 4.69) is 153 Å². The van der Waals surface area contributed by atoms with Gasteiger partial charge in [0.15, 0.2) is 0 Å². The first-order valence-corrected chi connectivity index (χ1v) is 46.7. The van der Waals surface area contributed by atoms with E-state index in [0.717, 1.165) is 61.4 Å². The van der Waals surface area contributed by atoms with E-state index in [1.807, 2.05) is 194 Å². The van der Waals surface area contributed by atoms with Gasteiger partial charge in [-0.25, -0.2) is 0 Å². The molecule has 24 heteroatoms. The number of nitrogens with one attached hydrogen (secondary N) is 4. The number of ether oxygens (including phenoxy) is 12. The van der Waals surface area contributed by atoms with Crippen LogP contribution in [0.15, 0.2) is 282 Å². The van der Waals surface area contributed by atoms with E-state index in [-0.39, 0.29) is 175 Å². The van der Waals surface area contributed by atoms with E-state index < -0.39 is 0 Å². The predicted octanol–water partition coefficient (Wildman–Crippen LogP) is 22.4. The number of carbonyl (C=O) groups is 4. The molecule has 5 aliphatic rings. The molecule has 0 saturated carbocycles. The number of carbonyl (C=O) groups excluding carboxylic acids is 4. The summed E-state index contributed by atoms with van der Waals surface area (Å²) in [6.45, 7) is 30.6. The summed E-state index contributed by atoms with van der Waals surface area (Å²) >= 11 is 6.36. The largest absolute Gasteiger partial charge is 0.491 e. The predicted molar refractivity (Wildman–Crippen MR) is 512 cm³/mol. The van der Waals surface area contributed by atoms with Gasteiger partial charge in [-0.3, -0.25) is 19.2 Å². The molecule has 4 aliphatic carbocycles. The Morgan fingerprint density at radius 2 is 0.391 bits per heavy atom. The molecule has 1 aliphatic heterocycles. The van der Waals surface area contributed by atoms with Crippen LogP contribution in [-0.4, -0.2) is 129 Å². The fourth-order valence-electron chi connectivity index (χ4n) is 13.6. The molecule has 0 fully saturated rings. The third kappa shape index (κ3) is 27.6. The van der Waals surface area contributed by atoms with Gasteiger partial charge in [-0.1, -0.05) is 227 Å². The molecule has 8 aromatic rings. The number of amides is 4. The summed E-state index contributed by atoms with van der Waals surface area (Å²) in [5.41, 5.74) is 5.53. The van der Waals surface area contributed by atoms with Crippen molar-refractivity contribution in [2.75, 3.05) is 127 Å². The van der Waals surface area contributed by atoms with Crippen LogP contribution in [0.4, 0.5) is 22.7 Å². The highest BCUT2D eigenvalue weighted by atomic mass is 32.2. The van der Waals surface area contributed by atoms with Crippen LogP contribution in [0, 0.1) is 23.7 Å². The molecule has 8 aromatic carbocycles. The molecule has 0 spiro atoms. The van der Waals surface area contributed by atoms with Crippen molar-refractivity contribution in [3.63, 3.8) is 0 Å². The van der Waals surface area contributed by atoms with Crippen molar-refractivity contribution in [2.24, 2.45) is 23.7 Å². The van der Waals surface area contributed by atoms with E-state index in [1.165, 1.54) is 0 Å². The van der Waals surface area contributed by atoms with Gasteiger partial charge in [0.05, 0.1) is 116 Å². The van der Waals surface area contributed by atoms with Gasteiger partial charge in [0.25, 0.3) is 0 Å². The molecule has 4 N–H and O–H groups in total. The van der Waals surface area contributed by atoms with Crippen molar-refractivity contribution in [1.29, 1.82) is 0 Å². The summed E-state index contributed by atoms with van der Waals surface area (Å²) in [5, 5.41) is 11.9. The number of rotatable bonds is 40. The second-order valence-corrected chi connectivity index (χ2v) is 39.4. The highest BCUT2D eigenvalue weighted by Crippen LogP contribution is 2.57. The summed E-state index contributed by atoms with van der Waals surface area (Å²) in [4.78, 5) is 58.2. The first-order chi connectivity index (χ1) is 61.6. The summed E-state index contributed by atoms with van der Waals surface area (Å²) in [7, 11) is 0. The van der Waals surface area contributed by atoms with Gasteiger partial charge in [0, 0.05) is 22.7 Å². The normalized spacial score (nSPS) is 14.3. The number of allylic oxidation sites excluding steroid dienone is 8. The Hall–Kier alpha value is -10.8. The summed E-state index contributed by atoms with van der Waals surface area (Å²) in [5.74, 6) is 3.53. The zero-order valence-corrected chi connectivity index (χ0v) is 78.1. The van der Waals surface area contributed by atoms with Gasteiger partial charge >= 0.3 is 0 Å². The maximum absolute atomic E-state index is 12.8. The third-order valence-electron chi connectivity index (χ3n) is 21.0. The lowest BCUT2D eigenvalue weighted by atomic mass is 9.87. The fraction of sp³-hybridized carbons (Fsp3) is 0.346. The lowest BCUT2D eigenvalue weighted by molar-refractivity contribution is -0.118. The van der Waals surface area contributed by atoms with Crippen LogP contribution in [0.3, 0.4) is 0 Å². The zero-order valence-electron chi connectivity index (χ0n) is 74.9. The van der Waals surface area contributed by atoms with Gasteiger partial charge in [0.1, 0.15) is 98.9 Å². The molecule has 4 amide bonds. The summed E-state index contributed by atoms with van der Waals surface area (Å²) in [6.07, 6.45) is 29.8. The van der Waals surface area contributed by atoms with E-state index in [4.69, 9.17) is 56.8 Å². The zero-order chi connectivity index (χ0) is 90.2. The van der Waals surface area contributed by atoms with Crippen molar-refractivity contribution >= 4 is 93.4 Å². The molecule has 0 radical (unpaired) electrons. The average molecular weight is 1810 g/mol. The monoisotopic (exact) mass is 1800 g/mol.